The molecule has 1 aromatic carbocycles. The number of benzene rings is 1. The molecule has 0 spiro atoms. The van der Waals surface area contributed by atoms with Gasteiger partial charge in [-0.2, -0.15) is 0 Å². The lowest BCUT2D eigenvalue weighted by Crippen LogP contribution is -2.15. The van der Waals surface area contributed by atoms with Crippen molar-refractivity contribution in [2.75, 3.05) is 0 Å². The molecule has 0 bridgehead atoms. The maximum Gasteiger partial charge on any atom is 0.133 e. The lowest BCUT2D eigenvalue weighted by atomic mass is 9.80. The van der Waals surface area contributed by atoms with Crippen LogP contribution in [0.2, 0.25) is 0 Å². The number of nitrogens with two attached hydrogens (primary N) is 1. The lowest BCUT2D eigenvalue weighted by Gasteiger charge is -2.25. The van der Waals surface area contributed by atoms with Gasteiger partial charge in [-0.05, 0) is 46.9 Å². The van der Waals surface area contributed by atoms with E-state index in [4.69, 9.17) is 10.2 Å². The number of allylic oxidation sites excluding steroid dienone is 2. The topological polar surface area (TPSA) is 39.2 Å². The molecule has 1 heterocycles. The number of fused-ring (bicyclic) bond motifs is 1. The highest BCUT2D eigenvalue weighted by Crippen LogP contribution is 2.37. The van der Waals surface area contributed by atoms with Crippen LogP contribution in [-0.4, -0.2) is 0 Å². The Morgan fingerprint density at radius 1 is 1.30 bits per heavy atom. The van der Waals surface area contributed by atoms with Gasteiger partial charge < -0.3 is 10.2 Å². The Morgan fingerprint density at radius 3 is 2.75 bits per heavy atom. The Hall–Kier alpha value is -1.96. The summed E-state index contributed by atoms with van der Waals surface area (Å²) in [5, 5.41) is 0. The molecular formula is C18H21NO. The second kappa shape index (κ2) is 4.86. The summed E-state index contributed by atoms with van der Waals surface area (Å²) in [6.07, 6.45) is 4.76. The van der Waals surface area contributed by atoms with Crippen LogP contribution in [0.5, 0.6) is 0 Å². The zero-order valence-corrected chi connectivity index (χ0v) is 12.3. The lowest BCUT2D eigenvalue weighted by molar-refractivity contribution is 0.582. The first-order valence-corrected chi connectivity index (χ1v) is 7.23. The first-order valence-electron chi connectivity index (χ1n) is 7.23. The molecular weight excluding hydrogens is 246 g/mol. The summed E-state index contributed by atoms with van der Waals surface area (Å²) < 4.78 is 5.56. The SMILES string of the molecule is CC(C)c1cc(-c2ccco2)cc2c1CC(N)=CC2C. The number of hydrogen-bond donors (Lipinski definition) is 1. The van der Waals surface area contributed by atoms with Gasteiger partial charge in [0.25, 0.3) is 0 Å². The average Bonchev–Trinajstić information content (AvgIpc) is 2.91. The minimum absolute atomic E-state index is 0.367. The highest BCUT2D eigenvalue weighted by Gasteiger charge is 2.21. The Bertz CT molecular complexity index is 650. The molecule has 1 aliphatic carbocycles. The minimum Gasteiger partial charge on any atom is -0.464 e. The van der Waals surface area contributed by atoms with E-state index in [2.05, 4.69) is 39.0 Å². The molecule has 104 valence electrons. The third-order valence-electron chi connectivity index (χ3n) is 4.08. The first kappa shape index (κ1) is 13.0. The van der Waals surface area contributed by atoms with Gasteiger partial charge in [0.2, 0.25) is 0 Å². The van der Waals surface area contributed by atoms with Crippen LogP contribution in [0.3, 0.4) is 0 Å². The van der Waals surface area contributed by atoms with Crippen molar-refractivity contribution < 1.29 is 4.42 Å². The van der Waals surface area contributed by atoms with E-state index in [0.29, 0.717) is 11.8 Å². The van der Waals surface area contributed by atoms with E-state index in [1.807, 2.05) is 12.1 Å². The summed E-state index contributed by atoms with van der Waals surface area (Å²) in [4.78, 5) is 0. The predicted molar refractivity (Wildman–Crippen MR) is 82.6 cm³/mol. The molecule has 2 heteroatoms. The molecule has 0 amide bonds. The second-order valence-corrected chi connectivity index (χ2v) is 5.97. The molecule has 1 atom stereocenters. The van der Waals surface area contributed by atoms with Crippen LogP contribution < -0.4 is 5.73 Å². The number of hydrogen-bond acceptors (Lipinski definition) is 2. The van der Waals surface area contributed by atoms with Crippen LogP contribution in [0.15, 0.2) is 46.7 Å². The van der Waals surface area contributed by atoms with E-state index in [1.54, 1.807) is 6.26 Å². The number of furan rings is 1. The Labute approximate surface area is 120 Å². The van der Waals surface area contributed by atoms with Crippen LogP contribution >= 0.6 is 0 Å². The van der Waals surface area contributed by atoms with Crippen molar-refractivity contribution in [3.8, 4) is 11.3 Å². The maximum absolute atomic E-state index is 6.08. The van der Waals surface area contributed by atoms with Crippen LogP contribution in [0, 0.1) is 0 Å². The first-order chi connectivity index (χ1) is 9.56. The summed E-state index contributed by atoms with van der Waals surface area (Å²) in [7, 11) is 0. The monoisotopic (exact) mass is 267 g/mol. The van der Waals surface area contributed by atoms with E-state index in [9.17, 15) is 0 Å². The van der Waals surface area contributed by atoms with Gasteiger partial charge in [0, 0.05) is 23.6 Å². The van der Waals surface area contributed by atoms with Gasteiger partial charge in [0.15, 0.2) is 0 Å². The van der Waals surface area contributed by atoms with Crippen molar-refractivity contribution in [1.82, 2.24) is 0 Å². The van der Waals surface area contributed by atoms with Crippen molar-refractivity contribution in [2.24, 2.45) is 5.73 Å². The molecule has 2 N–H and O–H groups in total. The molecule has 0 radical (unpaired) electrons. The van der Waals surface area contributed by atoms with Crippen molar-refractivity contribution in [1.29, 1.82) is 0 Å². The van der Waals surface area contributed by atoms with Gasteiger partial charge in [0.05, 0.1) is 6.26 Å². The van der Waals surface area contributed by atoms with Crippen LogP contribution in [0.4, 0.5) is 0 Å². The molecule has 2 nitrogen and oxygen atoms in total. The highest BCUT2D eigenvalue weighted by molar-refractivity contribution is 5.64. The molecule has 0 saturated heterocycles. The average molecular weight is 267 g/mol. The molecule has 0 aliphatic heterocycles. The Kier molecular flexibility index (Phi) is 3.17. The molecule has 1 unspecified atom stereocenters. The third kappa shape index (κ3) is 2.15. The number of rotatable bonds is 2. The summed E-state index contributed by atoms with van der Waals surface area (Å²) >= 11 is 0. The predicted octanol–water partition coefficient (Wildman–Crippen LogP) is 4.57. The van der Waals surface area contributed by atoms with E-state index in [-0.39, 0.29) is 0 Å². The van der Waals surface area contributed by atoms with Crippen molar-refractivity contribution in [2.45, 2.75) is 39.0 Å². The molecule has 1 aromatic heterocycles. The van der Waals surface area contributed by atoms with Gasteiger partial charge >= 0.3 is 0 Å². The van der Waals surface area contributed by atoms with Crippen LogP contribution in [0.25, 0.3) is 11.3 Å². The van der Waals surface area contributed by atoms with E-state index < -0.39 is 0 Å². The molecule has 0 fully saturated rings. The largest absolute Gasteiger partial charge is 0.464 e. The molecule has 1 aliphatic rings. The van der Waals surface area contributed by atoms with E-state index >= 15 is 0 Å². The minimum atomic E-state index is 0.367. The Balaban J connectivity index is 2.20. The highest BCUT2D eigenvalue weighted by atomic mass is 16.3. The van der Waals surface area contributed by atoms with E-state index in [1.165, 1.54) is 16.7 Å². The molecule has 2 aromatic rings. The van der Waals surface area contributed by atoms with E-state index in [0.717, 1.165) is 23.4 Å². The fourth-order valence-electron chi connectivity index (χ4n) is 3.10. The fourth-order valence-corrected chi connectivity index (χ4v) is 3.10. The zero-order valence-electron chi connectivity index (χ0n) is 12.3. The maximum atomic E-state index is 6.08. The van der Waals surface area contributed by atoms with Crippen LogP contribution in [0.1, 0.15) is 49.3 Å². The quantitative estimate of drug-likeness (QED) is 0.865. The molecule has 0 saturated carbocycles. The van der Waals surface area contributed by atoms with Gasteiger partial charge in [0.1, 0.15) is 5.76 Å². The summed E-state index contributed by atoms with van der Waals surface area (Å²) in [5.74, 6) is 1.78. The van der Waals surface area contributed by atoms with Gasteiger partial charge in [-0.3, -0.25) is 0 Å². The van der Waals surface area contributed by atoms with Crippen LogP contribution in [-0.2, 0) is 6.42 Å². The zero-order chi connectivity index (χ0) is 14.3. The standard InChI is InChI=1S/C18H21NO/c1-11(2)15-8-13(18-5-4-6-20-18)9-16-12(3)7-14(19)10-17(15)16/h4-9,11-12H,10,19H2,1-3H3. The summed E-state index contributed by atoms with van der Waals surface area (Å²) in [6.45, 7) is 6.68. The summed E-state index contributed by atoms with van der Waals surface area (Å²) in [6, 6.07) is 8.47. The second-order valence-electron chi connectivity index (χ2n) is 5.97. The van der Waals surface area contributed by atoms with Gasteiger partial charge in [-0.25, -0.2) is 0 Å². The van der Waals surface area contributed by atoms with Crippen molar-refractivity contribution in [3.63, 3.8) is 0 Å². The molecule has 20 heavy (non-hydrogen) atoms. The third-order valence-corrected chi connectivity index (χ3v) is 4.08. The van der Waals surface area contributed by atoms with Gasteiger partial charge in [-0.15, -0.1) is 0 Å². The fraction of sp³-hybridized carbons (Fsp3) is 0.333. The normalized spacial score (nSPS) is 18.0. The van der Waals surface area contributed by atoms with Gasteiger partial charge in [-0.1, -0.05) is 26.8 Å². The summed E-state index contributed by atoms with van der Waals surface area (Å²) in [5.41, 5.74) is 12.4. The van der Waals surface area contributed by atoms with Crippen molar-refractivity contribution >= 4 is 0 Å². The molecule has 3 rings (SSSR count). The van der Waals surface area contributed by atoms with Crippen molar-refractivity contribution in [3.05, 3.63) is 59.0 Å². The smallest absolute Gasteiger partial charge is 0.133 e. The Morgan fingerprint density at radius 2 is 2.10 bits per heavy atom.